The second kappa shape index (κ2) is 6.16. The molecule has 0 aliphatic carbocycles. The molecule has 4 rings (SSSR count). The van der Waals surface area contributed by atoms with Crippen molar-refractivity contribution in [3.8, 4) is 0 Å². The highest BCUT2D eigenvalue weighted by molar-refractivity contribution is 7.91. The van der Waals surface area contributed by atoms with Crippen molar-refractivity contribution >= 4 is 33.0 Å². The summed E-state index contributed by atoms with van der Waals surface area (Å²) < 4.78 is 29.9. The lowest BCUT2D eigenvalue weighted by atomic mass is 10.0. The summed E-state index contributed by atoms with van der Waals surface area (Å²) in [5.74, 6) is 0.590. The van der Waals surface area contributed by atoms with Gasteiger partial charge in [0.2, 0.25) is 5.91 Å². The number of rotatable bonds is 3. The van der Waals surface area contributed by atoms with Gasteiger partial charge in [-0.1, -0.05) is 17.7 Å². The van der Waals surface area contributed by atoms with Gasteiger partial charge in [0.05, 0.1) is 36.9 Å². The van der Waals surface area contributed by atoms with Gasteiger partial charge >= 0.3 is 0 Å². The van der Waals surface area contributed by atoms with Crippen LogP contribution in [0, 0.1) is 0 Å². The molecular formula is C17H17ClN2O4S. The Hall–Kier alpha value is -1.83. The van der Waals surface area contributed by atoms with Crippen molar-refractivity contribution in [3.63, 3.8) is 0 Å². The molecule has 2 fully saturated rings. The summed E-state index contributed by atoms with van der Waals surface area (Å²) in [6.07, 6.45) is 1.57. The number of fused-ring (bicyclic) bond motifs is 1. The van der Waals surface area contributed by atoms with Crippen LogP contribution in [0.2, 0.25) is 5.02 Å². The number of sulfone groups is 1. The van der Waals surface area contributed by atoms with Crippen LogP contribution in [-0.2, 0) is 21.2 Å². The smallest absolute Gasteiger partial charge is 0.241 e. The molecule has 0 spiro atoms. The molecule has 132 valence electrons. The van der Waals surface area contributed by atoms with Crippen LogP contribution in [0.5, 0.6) is 0 Å². The lowest BCUT2D eigenvalue weighted by molar-refractivity contribution is -0.123. The van der Waals surface area contributed by atoms with Crippen LogP contribution in [0.25, 0.3) is 0 Å². The standard InChI is InChI=1S/C17H17ClN2O4S/c18-12-3-1-4-13(7-12)20-16-11-25(22,23)10-15(16)19(9-17(20)21)8-14-5-2-6-24-14/h1-7,15-16H,8-11H2/t15-,16+/m1/s1. The molecule has 2 aromatic rings. The number of carbonyl (C=O) groups excluding carboxylic acids is 1. The zero-order valence-electron chi connectivity index (χ0n) is 13.3. The molecule has 1 aromatic heterocycles. The second-order valence-electron chi connectivity index (χ2n) is 6.44. The fourth-order valence-corrected chi connectivity index (χ4v) is 5.86. The third-order valence-electron chi connectivity index (χ3n) is 4.73. The monoisotopic (exact) mass is 380 g/mol. The molecule has 0 radical (unpaired) electrons. The molecule has 2 aliphatic rings. The summed E-state index contributed by atoms with van der Waals surface area (Å²) in [6.45, 7) is 0.558. The van der Waals surface area contributed by atoms with Crippen LogP contribution in [0.4, 0.5) is 5.69 Å². The van der Waals surface area contributed by atoms with E-state index in [1.165, 1.54) is 0 Å². The number of nitrogens with zero attached hydrogens (tertiary/aromatic N) is 2. The van der Waals surface area contributed by atoms with E-state index in [-0.39, 0.29) is 30.0 Å². The number of halogens is 1. The molecule has 6 nitrogen and oxygen atoms in total. The average Bonchev–Trinajstić information content (AvgIpc) is 3.14. The minimum atomic E-state index is -3.21. The van der Waals surface area contributed by atoms with Crippen LogP contribution < -0.4 is 4.90 Å². The van der Waals surface area contributed by atoms with Gasteiger partial charge < -0.3 is 9.32 Å². The van der Waals surface area contributed by atoms with E-state index in [9.17, 15) is 13.2 Å². The van der Waals surface area contributed by atoms with Crippen LogP contribution in [0.1, 0.15) is 5.76 Å². The first-order chi connectivity index (χ1) is 11.9. The van der Waals surface area contributed by atoms with E-state index in [2.05, 4.69) is 0 Å². The molecular weight excluding hydrogens is 364 g/mol. The summed E-state index contributed by atoms with van der Waals surface area (Å²) in [6, 6.07) is 9.91. The van der Waals surface area contributed by atoms with Crippen molar-refractivity contribution in [1.82, 2.24) is 4.90 Å². The maximum Gasteiger partial charge on any atom is 0.241 e. The summed E-state index contributed by atoms with van der Waals surface area (Å²) in [4.78, 5) is 16.3. The zero-order valence-corrected chi connectivity index (χ0v) is 14.9. The Morgan fingerprint density at radius 1 is 1.16 bits per heavy atom. The quantitative estimate of drug-likeness (QED) is 0.813. The summed E-state index contributed by atoms with van der Waals surface area (Å²) in [7, 11) is -3.21. The minimum Gasteiger partial charge on any atom is -0.468 e. The molecule has 2 saturated heterocycles. The normalized spacial score (nSPS) is 26.0. The van der Waals surface area contributed by atoms with Gasteiger partial charge in [0.25, 0.3) is 0 Å². The van der Waals surface area contributed by atoms with E-state index in [4.69, 9.17) is 16.0 Å². The number of hydrogen-bond acceptors (Lipinski definition) is 5. The van der Waals surface area contributed by atoms with Crippen molar-refractivity contribution in [1.29, 1.82) is 0 Å². The third kappa shape index (κ3) is 3.19. The molecule has 2 aliphatic heterocycles. The second-order valence-corrected chi connectivity index (χ2v) is 9.03. The predicted molar refractivity (Wildman–Crippen MR) is 94.3 cm³/mol. The van der Waals surface area contributed by atoms with Gasteiger partial charge in [-0.2, -0.15) is 0 Å². The highest BCUT2D eigenvalue weighted by atomic mass is 35.5. The van der Waals surface area contributed by atoms with Gasteiger partial charge in [-0.15, -0.1) is 0 Å². The van der Waals surface area contributed by atoms with Crippen molar-refractivity contribution in [2.75, 3.05) is 23.0 Å². The number of benzene rings is 1. The molecule has 1 amide bonds. The highest BCUT2D eigenvalue weighted by Gasteiger charge is 2.49. The van der Waals surface area contributed by atoms with Crippen molar-refractivity contribution in [2.45, 2.75) is 18.6 Å². The Kier molecular flexibility index (Phi) is 4.10. The Morgan fingerprint density at radius 3 is 2.68 bits per heavy atom. The van der Waals surface area contributed by atoms with E-state index in [1.807, 2.05) is 11.0 Å². The SMILES string of the molecule is O=C1CN(Cc2ccco2)[C@@H]2CS(=O)(=O)C[C@@H]2N1c1cccc(Cl)c1. The first-order valence-corrected chi connectivity index (χ1v) is 10.2. The molecule has 3 heterocycles. The van der Waals surface area contributed by atoms with Gasteiger partial charge in [0.1, 0.15) is 5.76 Å². The van der Waals surface area contributed by atoms with E-state index in [0.717, 1.165) is 0 Å². The predicted octanol–water partition coefficient (Wildman–Crippen LogP) is 1.95. The van der Waals surface area contributed by atoms with E-state index in [1.54, 1.807) is 41.5 Å². The van der Waals surface area contributed by atoms with Crippen molar-refractivity contribution < 1.29 is 17.6 Å². The number of anilines is 1. The van der Waals surface area contributed by atoms with Gasteiger partial charge in [-0.05, 0) is 30.3 Å². The van der Waals surface area contributed by atoms with Crippen LogP contribution >= 0.6 is 11.6 Å². The Morgan fingerprint density at radius 2 is 1.96 bits per heavy atom. The molecule has 25 heavy (non-hydrogen) atoms. The third-order valence-corrected chi connectivity index (χ3v) is 6.66. The lowest BCUT2D eigenvalue weighted by Crippen LogP contribution is -2.61. The first kappa shape index (κ1) is 16.6. The highest BCUT2D eigenvalue weighted by Crippen LogP contribution is 2.33. The van der Waals surface area contributed by atoms with Crippen LogP contribution in [-0.4, -0.2) is 49.4 Å². The molecule has 2 atom stereocenters. The molecule has 0 bridgehead atoms. The van der Waals surface area contributed by atoms with Gasteiger partial charge in [0, 0.05) is 16.8 Å². The van der Waals surface area contributed by atoms with Gasteiger partial charge in [-0.3, -0.25) is 9.69 Å². The maximum atomic E-state index is 12.8. The van der Waals surface area contributed by atoms with E-state index in [0.29, 0.717) is 23.0 Å². The number of piperazine rings is 1. The molecule has 0 N–H and O–H groups in total. The summed E-state index contributed by atoms with van der Waals surface area (Å²) in [5, 5.41) is 0.515. The van der Waals surface area contributed by atoms with Crippen molar-refractivity contribution in [3.05, 3.63) is 53.4 Å². The largest absolute Gasteiger partial charge is 0.468 e. The van der Waals surface area contributed by atoms with Crippen molar-refractivity contribution in [2.24, 2.45) is 0 Å². The maximum absolute atomic E-state index is 12.8. The molecule has 8 heteroatoms. The van der Waals surface area contributed by atoms with Gasteiger partial charge in [-0.25, -0.2) is 8.42 Å². The topological polar surface area (TPSA) is 70.8 Å². The molecule has 0 saturated carbocycles. The summed E-state index contributed by atoms with van der Waals surface area (Å²) >= 11 is 6.06. The fraction of sp³-hybridized carbons (Fsp3) is 0.353. The Labute approximate surface area is 150 Å². The van der Waals surface area contributed by atoms with Crippen LogP contribution in [0.15, 0.2) is 47.1 Å². The van der Waals surface area contributed by atoms with E-state index >= 15 is 0 Å². The van der Waals surface area contributed by atoms with Crippen LogP contribution in [0.3, 0.4) is 0 Å². The Balaban J connectivity index is 1.69. The molecule has 0 unspecified atom stereocenters. The average molecular weight is 381 g/mol. The number of furan rings is 1. The minimum absolute atomic E-state index is 0.0371. The zero-order chi connectivity index (χ0) is 17.6. The number of carbonyl (C=O) groups is 1. The number of amides is 1. The number of hydrogen-bond donors (Lipinski definition) is 0. The summed E-state index contributed by atoms with van der Waals surface area (Å²) in [5.41, 5.74) is 0.641. The lowest BCUT2D eigenvalue weighted by Gasteiger charge is -2.43. The first-order valence-electron chi connectivity index (χ1n) is 7.97. The Bertz CT molecular complexity index is 897. The van der Waals surface area contributed by atoms with E-state index < -0.39 is 15.9 Å². The fourth-order valence-electron chi connectivity index (χ4n) is 3.70. The molecule has 1 aromatic carbocycles. The van der Waals surface area contributed by atoms with Gasteiger partial charge in [0.15, 0.2) is 9.84 Å².